The van der Waals surface area contributed by atoms with Crippen LogP contribution in [-0.2, 0) is 0 Å². The summed E-state index contributed by atoms with van der Waals surface area (Å²) in [6.07, 6.45) is 3.14. The van der Waals surface area contributed by atoms with E-state index in [9.17, 15) is 19.8 Å². The van der Waals surface area contributed by atoms with Gasteiger partial charge in [0.2, 0.25) is 0 Å². The van der Waals surface area contributed by atoms with Crippen molar-refractivity contribution in [3.05, 3.63) is 56.6 Å². The molecule has 0 unspecified atom stereocenters. The Bertz CT molecular complexity index is 653. The van der Waals surface area contributed by atoms with E-state index in [-0.39, 0.29) is 22.6 Å². The smallest absolute Gasteiger partial charge is 0.343 e. The number of hydrogen-bond donors (Lipinski definition) is 2. The van der Waals surface area contributed by atoms with Crippen molar-refractivity contribution in [2.75, 3.05) is 0 Å². The summed E-state index contributed by atoms with van der Waals surface area (Å²) in [4.78, 5) is 23.6. The molecular weight excluding hydrogens is 264 g/mol. The predicted molar refractivity (Wildman–Crippen MR) is 70.0 cm³/mol. The van der Waals surface area contributed by atoms with Gasteiger partial charge in [0.1, 0.15) is 11.5 Å². The van der Waals surface area contributed by atoms with Crippen LogP contribution in [0.3, 0.4) is 0 Å². The quantitative estimate of drug-likeness (QED) is 0.886. The van der Waals surface area contributed by atoms with Gasteiger partial charge < -0.3 is 19.0 Å². The molecule has 2 aromatic rings. The zero-order valence-corrected chi connectivity index (χ0v) is 10.8. The van der Waals surface area contributed by atoms with Crippen molar-refractivity contribution in [1.29, 1.82) is 0 Å². The van der Waals surface area contributed by atoms with Gasteiger partial charge in [0, 0.05) is 18.1 Å². The van der Waals surface area contributed by atoms with E-state index in [0.29, 0.717) is 12.8 Å². The van der Waals surface area contributed by atoms with Crippen LogP contribution >= 0.6 is 0 Å². The zero-order chi connectivity index (χ0) is 14.7. The Morgan fingerprint density at radius 3 is 1.80 bits per heavy atom. The molecule has 0 spiro atoms. The lowest BCUT2D eigenvalue weighted by atomic mass is 9.88. The molecule has 2 aromatic heterocycles. The van der Waals surface area contributed by atoms with Crippen molar-refractivity contribution in [3.8, 4) is 11.5 Å². The lowest BCUT2D eigenvalue weighted by Crippen LogP contribution is -2.19. The maximum atomic E-state index is 11.8. The summed E-state index contributed by atoms with van der Waals surface area (Å²) in [6, 6.07) is 2.45. The molecule has 0 saturated heterocycles. The van der Waals surface area contributed by atoms with E-state index < -0.39 is 17.2 Å². The van der Waals surface area contributed by atoms with Crippen LogP contribution in [0.5, 0.6) is 11.5 Å². The van der Waals surface area contributed by atoms with Crippen LogP contribution in [-0.4, -0.2) is 10.2 Å². The fourth-order valence-electron chi connectivity index (χ4n) is 2.20. The molecule has 6 heteroatoms. The monoisotopic (exact) mass is 278 g/mol. The average Bonchev–Trinajstić information content (AvgIpc) is 2.38. The van der Waals surface area contributed by atoms with Gasteiger partial charge in [-0.25, -0.2) is 9.59 Å². The van der Waals surface area contributed by atoms with Crippen LogP contribution in [0.25, 0.3) is 0 Å². The molecule has 0 saturated carbocycles. The minimum atomic E-state index is -0.782. The minimum Gasteiger partial charge on any atom is -0.507 e. The molecule has 0 radical (unpaired) electrons. The van der Waals surface area contributed by atoms with Crippen molar-refractivity contribution in [2.24, 2.45) is 0 Å². The second-order valence-electron chi connectivity index (χ2n) is 4.36. The van der Waals surface area contributed by atoms with Gasteiger partial charge >= 0.3 is 11.3 Å². The fraction of sp³-hybridized carbons (Fsp3) is 0.286. The molecule has 0 aliphatic carbocycles. The SMILES string of the molecule is CCCC(c1c(O)ccoc1=O)c1c(O)ccoc1=O. The summed E-state index contributed by atoms with van der Waals surface area (Å²) in [5.41, 5.74) is -1.59. The van der Waals surface area contributed by atoms with Gasteiger partial charge in [0.25, 0.3) is 0 Å². The van der Waals surface area contributed by atoms with Gasteiger partial charge in [-0.2, -0.15) is 0 Å². The summed E-state index contributed by atoms with van der Waals surface area (Å²) in [5.74, 6) is -1.33. The standard InChI is InChI=1S/C14H14O6/c1-2-3-8(11-9(15)4-6-19-13(11)17)12-10(16)5-7-20-14(12)18/h4-8,15-16H,2-3H2,1H3. The molecule has 0 fully saturated rings. The van der Waals surface area contributed by atoms with Crippen LogP contribution in [0.2, 0.25) is 0 Å². The normalized spacial score (nSPS) is 10.9. The van der Waals surface area contributed by atoms with E-state index in [1.165, 1.54) is 12.1 Å². The van der Waals surface area contributed by atoms with Gasteiger partial charge in [-0.15, -0.1) is 0 Å². The molecule has 0 aliphatic rings. The van der Waals surface area contributed by atoms with Gasteiger partial charge in [-0.05, 0) is 6.42 Å². The Morgan fingerprint density at radius 1 is 1.00 bits per heavy atom. The molecule has 0 aromatic carbocycles. The zero-order valence-electron chi connectivity index (χ0n) is 10.8. The summed E-state index contributed by atoms with van der Waals surface area (Å²) < 4.78 is 9.48. The lowest BCUT2D eigenvalue weighted by Gasteiger charge is -2.16. The third kappa shape index (κ3) is 2.45. The molecule has 0 amide bonds. The third-order valence-electron chi connectivity index (χ3n) is 3.07. The van der Waals surface area contributed by atoms with E-state index in [0.717, 1.165) is 12.5 Å². The first kappa shape index (κ1) is 13.9. The molecular formula is C14H14O6. The molecule has 2 N–H and O–H groups in total. The Morgan fingerprint density at radius 2 is 1.45 bits per heavy atom. The van der Waals surface area contributed by atoms with Gasteiger partial charge in [-0.3, -0.25) is 0 Å². The first-order valence-electron chi connectivity index (χ1n) is 6.17. The van der Waals surface area contributed by atoms with Crippen LogP contribution in [0.4, 0.5) is 0 Å². The number of hydrogen-bond acceptors (Lipinski definition) is 6. The molecule has 2 heterocycles. The number of rotatable bonds is 4. The molecule has 0 bridgehead atoms. The van der Waals surface area contributed by atoms with Crippen LogP contribution in [0.1, 0.15) is 36.8 Å². The van der Waals surface area contributed by atoms with Crippen molar-refractivity contribution in [1.82, 2.24) is 0 Å². The second kappa shape index (κ2) is 5.64. The first-order chi connectivity index (χ1) is 9.56. The summed E-state index contributed by atoms with van der Waals surface area (Å²) in [5, 5.41) is 19.7. The Hall–Kier alpha value is -2.50. The highest BCUT2D eigenvalue weighted by Gasteiger charge is 2.27. The summed E-state index contributed by atoms with van der Waals surface area (Å²) >= 11 is 0. The highest BCUT2D eigenvalue weighted by molar-refractivity contribution is 5.42. The van der Waals surface area contributed by atoms with Crippen LogP contribution in [0, 0.1) is 0 Å². The third-order valence-corrected chi connectivity index (χ3v) is 3.07. The van der Waals surface area contributed by atoms with E-state index in [1.807, 2.05) is 6.92 Å². The van der Waals surface area contributed by atoms with Gasteiger partial charge in [0.15, 0.2) is 0 Å². The summed E-state index contributed by atoms with van der Waals surface area (Å²) in [7, 11) is 0. The van der Waals surface area contributed by atoms with Crippen molar-refractivity contribution >= 4 is 0 Å². The van der Waals surface area contributed by atoms with Gasteiger partial charge in [-0.1, -0.05) is 13.3 Å². The molecule has 2 rings (SSSR count). The maximum absolute atomic E-state index is 11.8. The number of aromatic hydroxyl groups is 2. The molecule has 20 heavy (non-hydrogen) atoms. The van der Waals surface area contributed by atoms with E-state index in [1.54, 1.807) is 0 Å². The Labute approximate surface area is 113 Å². The summed E-state index contributed by atoms with van der Waals surface area (Å²) in [6.45, 7) is 1.86. The van der Waals surface area contributed by atoms with E-state index >= 15 is 0 Å². The topological polar surface area (TPSA) is 101 Å². The maximum Gasteiger partial charge on any atom is 0.343 e. The Balaban J connectivity index is 2.70. The minimum absolute atomic E-state index is 0.0526. The largest absolute Gasteiger partial charge is 0.507 e. The molecule has 0 atom stereocenters. The molecule has 106 valence electrons. The predicted octanol–water partition coefficient (Wildman–Crippen LogP) is 1.94. The van der Waals surface area contributed by atoms with Crippen LogP contribution < -0.4 is 11.3 Å². The Kier molecular flexibility index (Phi) is 3.93. The highest BCUT2D eigenvalue weighted by Crippen LogP contribution is 2.34. The van der Waals surface area contributed by atoms with E-state index in [2.05, 4.69) is 0 Å². The lowest BCUT2D eigenvalue weighted by molar-refractivity contribution is 0.408. The van der Waals surface area contributed by atoms with Crippen molar-refractivity contribution in [2.45, 2.75) is 25.7 Å². The van der Waals surface area contributed by atoms with Crippen molar-refractivity contribution < 1.29 is 19.0 Å². The molecule has 6 nitrogen and oxygen atoms in total. The highest BCUT2D eigenvalue weighted by atomic mass is 16.4. The van der Waals surface area contributed by atoms with Crippen LogP contribution in [0.15, 0.2) is 43.1 Å². The van der Waals surface area contributed by atoms with Crippen molar-refractivity contribution in [3.63, 3.8) is 0 Å². The first-order valence-corrected chi connectivity index (χ1v) is 6.17. The molecule has 0 aliphatic heterocycles. The fourth-order valence-corrected chi connectivity index (χ4v) is 2.20. The van der Waals surface area contributed by atoms with E-state index in [4.69, 9.17) is 8.83 Å². The average molecular weight is 278 g/mol. The second-order valence-corrected chi connectivity index (χ2v) is 4.36. The van der Waals surface area contributed by atoms with Gasteiger partial charge in [0.05, 0.1) is 23.7 Å².